The summed E-state index contributed by atoms with van der Waals surface area (Å²) in [7, 11) is 0. The number of carbonyl (C=O) groups is 1. The van der Waals surface area contributed by atoms with Gasteiger partial charge in [-0.25, -0.2) is 0 Å². The van der Waals surface area contributed by atoms with E-state index in [4.69, 9.17) is 4.74 Å². The molecular weight excluding hydrogens is 348 g/mol. The first-order chi connectivity index (χ1) is 13.7. The van der Waals surface area contributed by atoms with Gasteiger partial charge in [-0.1, -0.05) is 44.2 Å². The van der Waals surface area contributed by atoms with Crippen molar-refractivity contribution in [3.8, 4) is 5.75 Å². The third-order valence-corrected chi connectivity index (χ3v) is 5.97. The van der Waals surface area contributed by atoms with Crippen molar-refractivity contribution in [2.24, 2.45) is 0 Å². The summed E-state index contributed by atoms with van der Waals surface area (Å²) >= 11 is 0. The first-order valence-corrected chi connectivity index (χ1v) is 10.6. The Morgan fingerprint density at radius 3 is 2.79 bits per heavy atom. The number of aryl methyl sites for hydroxylation is 1. The molecule has 0 fully saturated rings. The van der Waals surface area contributed by atoms with Gasteiger partial charge < -0.3 is 10.1 Å². The van der Waals surface area contributed by atoms with E-state index in [0.717, 1.165) is 44.5 Å². The summed E-state index contributed by atoms with van der Waals surface area (Å²) in [6.45, 7) is 7.70. The molecule has 0 aliphatic carbocycles. The van der Waals surface area contributed by atoms with Gasteiger partial charge in [0, 0.05) is 25.6 Å². The fraction of sp³-hybridized carbons (Fsp3) is 0.458. The zero-order chi connectivity index (χ0) is 19.5. The van der Waals surface area contributed by atoms with Crippen LogP contribution in [-0.4, -0.2) is 36.5 Å². The Kier molecular flexibility index (Phi) is 5.67. The summed E-state index contributed by atoms with van der Waals surface area (Å²) in [5.41, 5.74) is 5.90. The van der Waals surface area contributed by atoms with E-state index < -0.39 is 0 Å². The van der Waals surface area contributed by atoms with Gasteiger partial charge in [0.15, 0.2) is 0 Å². The van der Waals surface area contributed by atoms with Gasteiger partial charge in [0.05, 0.1) is 12.2 Å². The summed E-state index contributed by atoms with van der Waals surface area (Å²) in [5.74, 6) is 0.776. The van der Waals surface area contributed by atoms with Gasteiger partial charge >= 0.3 is 0 Å². The van der Waals surface area contributed by atoms with E-state index in [1.807, 2.05) is 6.07 Å². The zero-order valence-electron chi connectivity index (χ0n) is 17.0. The molecule has 28 heavy (non-hydrogen) atoms. The maximum atomic E-state index is 13.0. The molecule has 2 aromatic carbocycles. The number of nitrogens with zero attached hydrogens (tertiary/aromatic N) is 1. The van der Waals surface area contributed by atoms with Crippen LogP contribution in [0.3, 0.4) is 0 Å². The highest BCUT2D eigenvalue weighted by Crippen LogP contribution is 2.31. The van der Waals surface area contributed by atoms with Gasteiger partial charge in [0.25, 0.3) is 5.91 Å². The molecule has 0 saturated carbocycles. The van der Waals surface area contributed by atoms with E-state index in [2.05, 4.69) is 54.4 Å². The van der Waals surface area contributed by atoms with Crippen LogP contribution in [0.2, 0.25) is 0 Å². The monoisotopic (exact) mass is 378 g/mol. The van der Waals surface area contributed by atoms with Gasteiger partial charge in [0.2, 0.25) is 0 Å². The molecule has 4 rings (SSSR count). The molecule has 0 spiro atoms. The molecule has 1 amide bonds. The van der Waals surface area contributed by atoms with Crippen molar-refractivity contribution in [3.63, 3.8) is 0 Å². The normalized spacial score (nSPS) is 18.3. The van der Waals surface area contributed by atoms with Gasteiger partial charge in [-0.2, -0.15) is 0 Å². The highest BCUT2D eigenvalue weighted by molar-refractivity contribution is 5.97. The summed E-state index contributed by atoms with van der Waals surface area (Å²) in [4.78, 5) is 15.5. The minimum Gasteiger partial charge on any atom is -0.492 e. The van der Waals surface area contributed by atoms with Crippen molar-refractivity contribution in [2.45, 2.75) is 52.1 Å². The van der Waals surface area contributed by atoms with E-state index in [1.54, 1.807) is 0 Å². The molecule has 0 bridgehead atoms. The third kappa shape index (κ3) is 3.79. The maximum Gasteiger partial charge on any atom is 0.255 e. The molecule has 0 aromatic heterocycles. The van der Waals surface area contributed by atoms with Crippen LogP contribution >= 0.6 is 0 Å². The Morgan fingerprint density at radius 2 is 2.00 bits per heavy atom. The molecular formula is C24H30N2O2. The molecule has 4 heteroatoms. The molecule has 0 unspecified atom stereocenters. The fourth-order valence-electron chi connectivity index (χ4n) is 4.44. The van der Waals surface area contributed by atoms with Crippen molar-refractivity contribution in [3.05, 3.63) is 64.2 Å². The smallest absolute Gasteiger partial charge is 0.255 e. The van der Waals surface area contributed by atoms with Crippen LogP contribution in [-0.2, 0) is 25.8 Å². The molecule has 0 radical (unpaired) electrons. The summed E-state index contributed by atoms with van der Waals surface area (Å²) in [6, 6.07) is 13.2. The molecule has 2 aliphatic rings. The van der Waals surface area contributed by atoms with Gasteiger partial charge in [-0.05, 0) is 54.1 Å². The lowest BCUT2D eigenvalue weighted by Crippen LogP contribution is -2.47. The Morgan fingerprint density at radius 1 is 1.18 bits per heavy atom. The Labute approximate surface area is 167 Å². The molecule has 1 atom stereocenters. The molecule has 1 N–H and O–H groups in total. The molecule has 2 heterocycles. The number of fused-ring (bicyclic) bond motifs is 2. The lowest BCUT2D eigenvalue weighted by molar-refractivity contribution is 0.0922. The Balaban J connectivity index is 1.49. The lowest BCUT2D eigenvalue weighted by atomic mass is 9.93. The first kappa shape index (κ1) is 19.0. The summed E-state index contributed by atoms with van der Waals surface area (Å²) in [6.07, 6.45) is 3.93. The Hall–Kier alpha value is -2.33. The number of rotatable bonds is 6. The van der Waals surface area contributed by atoms with E-state index in [0.29, 0.717) is 24.8 Å². The van der Waals surface area contributed by atoms with Crippen LogP contribution in [0.5, 0.6) is 5.75 Å². The predicted octanol–water partition coefficient (Wildman–Crippen LogP) is 3.75. The van der Waals surface area contributed by atoms with Gasteiger partial charge in [-0.15, -0.1) is 0 Å². The van der Waals surface area contributed by atoms with E-state index in [1.165, 1.54) is 22.3 Å². The summed E-state index contributed by atoms with van der Waals surface area (Å²) in [5, 5.41) is 3.21. The molecule has 0 saturated heterocycles. The number of hydrogen-bond acceptors (Lipinski definition) is 3. The SMILES string of the molecule is CCCN1Cc2ccccc2C[C@H]1CNC(=O)c1cc(CC)cc2c1OCC2. The molecule has 2 aromatic rings. The predicted molar refractivity (Wildman–Crippen MR) is 112 cm³/mol. The number of amides is 1. The number of hydrogen-bond donors (Lipinski definition) is 1. The highest BCUT2D eigenvalue weighted by Gasteiger charge is 2.27. The van der Waals surface area contributed by atoms with Gasteiger partial charge in [0.1, 0.15) is 5.75 Å². The van der Waals surface area contributed by atoms with E-state index in [9.17, 15) is 4.79 Å². The van der Waals surface area contributed by atoms with Crippen LogP contribution in [0.25, 0.3) is 0 Å². The van der Waals surface area contributed by atoms with Crippen molar-refractivity contribution >= 4 is 5.91 Å². The zero-order valence-corrected chi connectivity index (χ0v) is 17.0. The minimum absolute atomic E-state index is 0.0104. The first-order valence-electron chi connectivity index (χ1n) is 10.6. The second kappa shape index (κ2) is 8.36. The third-order valence-electron chi connectivity index (χ3n) is 5.97. The van der Waals surface area contributed by atoms with E-state index >= 15 is 0 Å². The molecule has 148 valence electrons. The largest absolute Gasteiger partial charge is 0.492 e. The number of carbonyl (C=O) groups excluding carboxylic acids is 1. The maximum absolute atomic E-state index is 13.0. The fourth-order valence-corrected chi connectivity index (χ4v) is 4.44. The van der Waals surface area contributed by atoms with Crippen LogP contribution in [0.4, 0.5) is 0 Å². The second-order valence-corrected chi connectivity index (χ2v) is 7.89. The van der Waals surface area contributed by atoms with Crippen LogP contribution in [0.1, 0.15) is 52.9 Å². The van der Waals surface area contributed by atoms with Crippen molar-refractivity contribution < 1.29 is 9.53 Å². The lowest BCUT2D eigenvalue weighted by Gasteiger charge is -2.37. The molecule has 2 aliphatic heterocycles. The Bertz CT molecular complexity index is 862. The minimum atomic E-state index is -0.0104. The van der Waals surface area contributed by atoms with Crippen molar-refractivity contribution in [1.29, 1.82) is 0 Å². The summed E-state index contributed by atoms with van der Waals surface area (Å²) < 4.78 is 5.78. The second-order valence-electron chi connectivity index (χ2n) is 7.89. The van der Waals surface area contributed by atoms with Crippen LogP contribution in [0.15, 0.2) is 36.4 Å². The standard InChI is InChI=1S/C24H30N2O2/c1-3-10-26-16-20-8-6-5-7-18(20)14-21(26)15-25-24(27)22-13-17(4-2)12-19-9-11-28-23(19)22/h5-8,12-13,21H,3-4,9-11,14-16H2,1-2H3,(H,25,27)/t21-/m0/s1. The van der Waals surface area contributed by atoms with Gasteiger partial charge in [-0.3, -0.25) is 9.69 Å². The average Bonchev–Trinajstić information content (AvgIpc) is 3.20. The molecule has 4 nitrogen and oxygen atoms in total. The quantitative estimate of drug-likeness (QED) is 0.832. The highest BCUT2D eigenvalue weighted by atomic mass is 16.5. The van der Waals surface area contributed by atoms with Crippen molar-refractivity contribution in [1.82, 2.24) is 10.2 Å². The topological polar surface area (TPSA) is 41.6 Å². The number of ether oxygens (including phenoxy) is 1. The average molecular weight is 379 g/mol. The van der Waals surface area contributed by atoms with Crippen LogP contribution < -0.4 is 10.1 Å². The number of benzene rings is 2. The number of nitrogens with one attached hydrogen (secondary N) is 1. The van der Waals surface area contributed by atoms with Crippen molar-refractivity contribution in [2.75, 3.05) is 19.7 Å². The van der Waals surface area contributed by atoms with E-state index in [-0.39, 0.29) is 5.91 Å². The van der Waals surface area contributed by atoms with Crippen LogP contribution in [0, 0.1) is 0 Å².